The van der Waals surface area contributed by atoms with Crippen LogP contribution in [0.15, 0.2) is 23.1 Å². The molecule has 0 unspecified atom stereocenters. The lowest BCUT2D eigenvalue weighted by Gasteiger charge is -2.14. The summed E-state index contributed by atoms with van der Waals surface area (Å²) in [6, 6.07) is 7.81. The zero-order valence-electron chi connectivity index (χ0n) is 10.2. The third kappa shape index (κ3) is 4.89. The smallest absolute Gasteiger partial charge is 0.0683 e. The lowest BCUT2D eigenvalue weighted by Crippen LogP contribution is -2.07. The molecule has 2 nitrogen and oxygen atoms in total. The van der Waals surface area contributed by atoms with E-state index in [1.165, 1.54) is 0 Å². The number of nitrogens with zero attached hydrogens (tertiary/aromatic N) is 1. The van der Waals surface area contributed by atoms with Gasteiger partial charge in [0.15, 0.2) is 0 Å². The first kappa shape index (κ1) is 14.2. The minimum absolute atomic E-state index is 0.236. The van der Waals surface area contributed by atoms with Crippen molar-refractivity contribution < 1.29 is 0 Å². The highest BCUT2D eigenvalue weighted by atomic mass is 35.5. The average Bonchev–Trinajstić information content (AvgIpc) is 2.29. The topological polar surface area (TPSA) is 49.8 Å². The molecule has 0 aromatic heterocycles. The van der Waals surface area contributed by atoms with E-state index in [0.717, 1.165) is 29.2 Å². The van der Waals surface area contributed by atoms with E-state index >= 15 is 0 Å². The van der Waals surface area contributed by atoms with Crippen molar-refractivity contribution in [3.05, 3.63) is 23.2 Å². The molecule has 0 bridgehead atoms. The van der Waals surface area contributed by atoms with E-state index in [2.05, 4.69) is 6.07 Å². The first-order chi connectivity index (χ1) is 7.94. The molecule has 0 saturated heterocycles. The molecule has 0 aliphatic rings. The molecule has 0 amide bonds. The maximum atomic E-state index is 8.90. The van der Waals surface area contributed by atoms with Crippen LogP contribution in [-0.2, 0) is 0 Å². The minimum atomic E-state index is -0.236. The highest BCUT2D eigenvalue weighted by Crippen LogP contribution is 2.30. The van der Waals surface area contributed by atoms with Gasteiger partial charge in [-0.3, -0.25) is 0 Å². The molecule has 0 heterocycles. The molecular formula is C13H17ClN2S. The van der Waals surface area contributed by atoms with Crippen molar-refractivity contribution in [1.82, 2.24) is 0 Å². The van der Waals surface area contributed by atoms with E-state index in [1.54, 1.807) is 17.8 Å². The fraction of sp³-hybridized carbons (Fsp3) is 0.462. The first-order valence-electron chi connectivity index (χ1n) is 5.54. The van der Waals surface area contributed by atoms with Gasteiger partial charge < -0.3 is 5.73 Å². The zero-order chi connectivity index (χ0) is 12.9. The normalized spacial score (nSPS) is 11.2. The Balaban J connectivity index is 2.42. The molecule has 92 valence electrons. The molecule has 0 spiro atoms. The van der Waals surface area contributed by atoms with E-state index in [4.69, 9.17) is 22.6 Å². The van der Waals surface area contributed by atoms with Crippen LogP contribution in [0, 0.1) is 16.7 Å². The maximum Gasteiger partial charge on any atom is 0.0683 e. The Bertz CT molecular complexity index is 424. The number of anilines is 1. The maximum absolute atomic E-state index is 8.90. The molecule has 0 aliphatic heterocycles. The highest BCUT2D eigenvalue weighted by Gasteiger charge is 2.15. The Labute approximate surface area is 112 Å². The van der Waals surface area contributed by atoms with Gasteiger partial charge in [-0.05, 0) is 50.6 Å². The number of hydrogen-bond donors (Lipinski definition) is 1. The molecule has 0 atom stereocenters. The van der Waals surface area contributed by atoms with Crippen LogP contribution in [0.4, 0.5) is 5.69 Å². The fourth-order valence-corrected chi connectivity index (χ4v) is 2.58. The first-order valence-corrected chi connectivity index (χ1v) is 6.90. The highest BCUT2D eigenvalue weighted by molar-refractivity contribution is 7.99. The van der Waals surface area contributed by atoms with Crippen molar-refractivity contribution in [2.45, 2.75) is 31.6 Å². The molecule has 0 radical (unpaired) electrons. The molecule has 4 heteroatoms. The van der Waals surface area contributed by atoms with Crippen molar-refractivity contribution in [3.8, 4) is 6.07 Å². The Morgan fingerprint density at radius 2 is 2.18 bits per heavy atom. The van der Waals surface area contributed by atoms with Gasteiger partial charge in [-0.1, -0.05) is 11.6 Å². The Morgan fingerprint density at radius 1 is 1.47 bits per heavy atom. The van der Waals surface area contributed by atoms with Gasteiger partial charge in [0, 0.05) is 15.6 Å². The zero-order valence-corrected chi connectivity index (χ0v) is 11.7. The van der Waals surface area contributed by atoms with Gasteiger partial charge in [-0.2, -0.15) is 5.26 Å². The molecule has 0 fully saturated rings. The predicted molar refractivity (Wildman–Crippen MR) is 75.2 cm³/mol. The summed E-state index contributed by atoms with van der Waals surface area (Å²) in [5.41, 5.74) is 6.38. The number of nitriles is 1. The molecule has 1 aromatic carbocycles. The summed E-state index contributed by atoms with van der Waals surface area (Å²) in [7, 11) is 0. The number of halogens is 1. The Morgan fingerprint density at radius 3 is 2.82 bits per heavy atom. The van der Waals surface area contributed by atoms with Crippen molar-refractivity contribution >= 4 is 29.1 Å². The monoisotopic (exact) mass is 268 g/mol. The minimum Gasteiger partial charge on any atom is -0.398 e. The number of thioether (sulfide) groups is 1. The lowest BCUT2D eigenvalue weighted by molar-refractivity contribution is 0.448. The molecule has 0 aliphatic carbocycles. The van der Waals surface area contributed by atoms with Crippen LogP contribution in [0.3, 0.4) is 0 Å². The number of rotatable bonds is 5. The van der Waals surface area contributed by atoms with Gasteiger partial charge in [-0.25, -0.2) is 0 Å². The van der Waals surface area contributed by atoms with Gasteiger partial charge in [0.05, 0.1) is 11.5 Å². The quantitative estimate of drug-likeness (QED) is 0.491. The third-order valence-electron chi connectivity index (χ3n) is 2.48. The number of benzene rings is 1. The molecule has 2 N–H and O–H groups in total. The standard InChI is InChI=1S/C13H17ClN2S/c1-13(2,9-15)6-3-7-17-12-8-10(14)4-5-11(12)16/h4-5,8H,3,6-7,16H2,1-2H3. The molecule has 1 aromatic rings. The summed E-state index contributed by atoms with van der Waals surface area (Å²) in [5.74, 6) is 0.954. The van der Waals surface area contributed by atoms with Gasteiger partial charge >= 0.3 is 0 Å². The summed E-state index contributed by atoms with van der Waals surface area (Å²) in [5, 5.41) is 9.60. The van der Waals surface area contributed by atoms with Crippen molar-refractivity contribution in [2.75, 3.05) is 11.5 Å². The predicted octanol–water partition coefficient (Wildman–Crippen LogP) is 4.34. The Hall–Kier alpha value is -0.850. The van der Waals surface area contributed by atoms with Crippen LogP contribution in [-0.4, -0.2) is 5.75 Å². The van der Waals surface area contributed by atoms with Gasteiger partial charge in [-0.15, -0.1) is 11.8 Å². The summed E-state index contributed by atoms with van der Waals surface area (Å²) in [4.78, 5) is 1.02. The molecular weight excluding hydrogens is 252 g/mol. The summed E-state index contributed by atoms with van der Waals surface area (Å²) < 4.78 is 0. The Kier molecular flexibility index (Phi) is 5.17. The average molecular weight is 269 g/mol. The number of nitrogens with two attached hydrogens (primary N) is 1. The molecule has 1 rings (SSSR count). The second-order valence-corrected chi connectivity index (χ2v) is 6.20. The largest absolute Gasteiger partial charge is 0.398 e. The van der Waals surface area contributed by atoms with Crippen LogP contribution < -0.4 is 5.73 Å². The summed E-state index contributed by atoms with van der Waals surface area (Å²) >= 11 is 7.61. The molecule has 17 heavy (non-hydrogen) atoms. The third-order valence-corrected chi connectivity index (χ3v) is 3.87. The second kappa shape index (κ2) is 6.18. The van der Waals surface area contributed by atoms with Crippen LogP contribution >= 0.6 is 23.4 Å². The summed E-state index contributed by atoms with van der Waals surface area (Å²) in [6.07, 6.45) is 1.90. The van der Waals surface area contributed by atoms with Crippen molar-refractivity contribution in [2.24, 2.45) is 5.41 Å². The lowest BCUT2D eigenvalue weighted by atomic mass is 9.90. The van der Waals surface area contributed by atoms with E-state index in [1.807, 2.05) is 26.0 Å². The van der Waals surface area contributed by atoms with Crippen LogP contribution in [0.5, 0.6) is 0 Å². The van der Waals surface area contributed by atoms with Crippen molar-refractivity contribution in [3.63, 3.8) is 0 Å². The van der Waals surface area contributed by atoms with Crippen LogP contribution in [0.1, 0.15) is 26.7 Å². The summed E-state index contributed by atoms with van der Waals surface area (Å²) in [6.45, 7) is 3.93. The van der Waals surface area contributed by atoms with Crippen LogP contribution in [0.2, 0.25) is 5.02 Å². The van der Waals surface area contributed by atoms with E-state index in [0.29, 0.717) is 5.02 Å². The van der Waals surface area contributed by atoms with Gasteiger partial charge in [0.25, 0.3) is 0 Å². The SMILES string of the molecule is CC(C)(C#N)CCCSc1cc(Cl)ccc1N. The van der Waals surface area contributed by atoms with Gasteiger partial charge in [0.1, 0.15) is 0 Å². The van der Waals surface area contributed by atoms with Crippen LogP contribution in [0.25, 0.3) is 0 Å². The van der Waals surface area contributed by atoms with E-state index in [-0.39, 0.29) is 5.41 Å². The fourth-order valence-electron chi connectivity index (χ4n) is 1.39. The van der Waals surface area contributed by atoms with E-state index in [9.17, 15) is 0 Å². The number of hydrogen-bond acceptors (Lipinski definition) is 3. The number of nitrogen functional groups attached to an aromatic ring is 1. The van der Waals surface area contributed by atoms with E-state index < -0.39 is 0 Å². The van der Waals surface area contributed by atoms with Gasteiger partial charge in [0.2, 0.25) is 0 Å². The van der Waals surface area contributed by atoms with Crippen molar-refractivity contribution in [1.29, 1.82) is 5.26 Å². The second-order valence-electron chi connectivity index (χ2n) is 4.63. The molecule has 0 saturated carbocycles.